The van der Waals surface area contributed by atoms with Crippen LogP contribution in [0.15, 0.2) is 6.20 Å². The second kappa shape index (κ2) is 5.21. The van der Waals surface area contributed by atoms with Crippen molar-refractivity contribution >= 4 is 28.9 Å². The molecule has 0 aliphatic carbocycles. The van der Waals surface area contributed by atoms with Crippen LogP contribution in [0.25, 0.3) is 0 Å². The predicted octanol–water partition coefficient (Wildman–Crippen LogP) is 1.58. The van der Waals surface area contributed by atoms with Gasteiger partial charge in [-0.15, -0.1) is 5.10 Å². The molecule has 13 heavy (non-hydrogen) atoms. The summed E-state index contributed by atoms with van der Waals surface area (Å²) in [5, 5.41) is 19.2. The Bertz CT molecular complexity index is 282. The van der Waals surface area contributed by atoms with Crippen molar-refractivity contribution < 1.29 is 5.11 Å². The van der Waals surface area contributed by atoms with E-state index in [1.807, 2.05) is 0 Å². The van der Waals surface area contributed by atoms with Crippen molar-refractivity contribution in [3.8, 4) is 0 Å². The Balaban J connectivity index is 2.61. The van der Waals surface area contributed by atoms with Gasteiger partial charge in [0, 0.05) is 13.2 Å². The Hall–Kier alpha value is -0.580. The molecular weight excluding hydrogens is 213 g/mol. The van der Waals surface area contributed by atoms with E-state index in [4.69, 9.17) is 28.3 Å². The third-order valence-electron chi connectivity index (χ3n) is 1.40. The second-order valence-corrected chi connectivity index (χ2v) is 3.10. The van der Waals surface area contributed by atoms with Crippen molar-refractivity contribution in [1.82, 2.24) is 10.2 Å². The van der Waals surface area contributed by atoms with Gasteiger partial charge in [-0.3, -0.25) is 0 Å². The molecule has 1 aromatic rings. The number of hydrogen-bond acceptors (Lipinski definition) is 4. The van der Waals surface area contributed by atoms with Crippen LogP contribution in [0.4, 0.5) is 5.69 Å². The first-order valence-corrected chi connectivity index (χ1v) is 4.52. The van der Waals surface area contributed by atoms with Crippen molar-refractivity contribution in [3.63, 3.8) is 0 Å². The molecular formula is C7H9Cl2N3O. The summed E-state index contributed by atoms with van der Waals surface area (Å²) in [5.41, 5.74) is 0.634. The Morgan fingerprint density at radius 1 is 1.46 bits per heavy atom. The van der Waals surface area contributed by atoms with Crippen LogP contribution >= 0.6 is 23.2 Å². The first-order chi connectivity index (χ1) is 6.25. The van der Waals surface area contributed by atoms with Gasteiger partial charge in [-0.1, -0.05) is 23.2 Å². The zero-order valence-electron chi connectivity index (χ0n) is 6.80. The molecule has 0 unspecified atom stereocenters. The quantitative estimate of drug-likeness (QED) is 0.759. The number of nitrogens with one attached hydrogen (secondary N) is 1. The highest BCUT2D eigenvalue weighted by Crippen LogP contribution is 2.26. The van der Waals surface area contributed by atoms with Crippen LogP contribution in [0.3, 0.4) is 0 Å². The fourth-order valence-electron chi connectivity index (χ4n) is 0.774. The van der Waals surface area contributed by atoms with Gasteiger partial charge in [0.1, 0.15) is 5.02 Å². The lowest BCUT2D eigenvalue weighted by molar-refractivity contribution is 0.292. The third-order valence-corrected chi connectivity index (χ3v) is 2.14. The standard InChI is InChI=1S/C7H9Cl2N3O/c8-6-5(10-2-1-3-13)4-11-12-7(6)9/h4,13H,1-3H2,(H,10,12). The molecule has 6 heteroatoms. The first-order valence-electron chi connectivity index (χ1n) is 3.77. The van der Waals surface area contributed by atoms with E-state index in [1.54, 1.807) is 0 Å². The van der Waals surface area contributed by atoms with Crippen LogP contribution < -0.4 is 5.32 Å². The number of halogens is 2. The Morgan fingerprint density at radius 2 is 2.23 bits per heavy atom. The predicted molar refractivity (Wildman–Crippen MR) is 52.2 cm³/mol. The largest absolute Gasteiger partial charge is 0.396 e. The molecule has 2 N–H and O–H groups in total. The summed E-state index contributed by atoms with van der Waals surface area (Å²) in [5.74, 6) is 0. The zero-order valence-corrected chi connectivity index (χ0v) is 8.31. The van der Waals surface area contributed by atoms with Gasteiger partial charge in [-0.2, -0.15) is 5.10 Å². The highest BCUT2D eigenvalue weighted by molar-refractivity contribution is 6.42. The number of aromatic nitrogens is 2. The summed E-state index contributed by atoms with van der Waals surface area (Å²) < 4.78 is 0. The highest BCUT2D eigenvalue weighted by Gasteiger charge is 2.04. The van der Waals surface area contributed by atoms with Gasteiger partial charge in [0.2, 0.25) is 0 Å². The van der Waals surface area contributed by atoms with E-state index >= 15 is 0 Å². The van der Waals surface area contributed by atoms with Crippen molar-refractivity contribution in [2.75, 3.05) is 18.5 Å². The molecule has 4 nitrogen and oxygen atoms in total. The molecule has 0 atom stereocenters. The van der Waals surface area contributed by atoms with E-state index in [2.05, 4.69) is 15.5 Å². The Labute approximate surface area is 85.9 Å². The molecule has 0 spiro atoms. The summed E-state index contributed by atoms with van der Waals surface area (Å²) in [4.78, 5) is 0. The number of anilines is 1. The van der Waals surface area contributed by atoms with Gasteiger partial charge >= 0.3 is 0 Å². The van der Waals surface area contributed by atoms with E-state index in [1.165, 1.54) is 6.20 Å². The molecule has 72 valence electrons. The van der Waals surface area contributed by atoms with Gasteiger partial charge in [0.25, 0.3) is 0 Å². The summed E-state index contributed by atoms with van der Waals surface area (Å²) >= 11 is 11.4. The number of aliphatic hydroxyl groups is 1. The van der Waals surface area contributed by atoms with Crippen LogP contribution in [0.1, 0.15) is 6.42 Å². The van der Waals surface area contributed by atoms with E-state index in [0.717, 1.165) is 0 Å². The summed E-state index contributed by atoms with van der Waals surface area (Å²) in [7, 11) is 0. The fourth-order valence-corrected chi connectivity index (χ4v) is 1.07. The maximum Gasteiger partial charge on any atom is 0.172 e. The lowest BCUT2D eigenvalue weighted by Crippen LogP contribution is -2.04. The normalized spacial score (nSPS) is 10.1. The van der Waals surface area contributed by atoms with Crippen LogP contribution in [0.5, 0.6) is 0 Å². The van der Waals surface area contributed by atoms with Gasteiger partial charge in [-0.25, -0.2) is 0 Å². The lowest BCUT2D eigenvalue weighted by Gasteiger charge is -2.06. The molecule has 0 bridgehead atoms. The minimum absolute atomic E-state index is 0.136. The number of aliphatic hydroxyl groups excluding tert-OH is 1. The molecule has 1 aromatic heterocycles. The van der Waals surface area contributed by atoms with Crippen LogP contribution in [-0.4, -0.2) is 28.5 Å². The minimum atomic E-state index is 0.136. The van der Waals surface area contributed by atoms with E-state index < -0.39 is 0 Å². The van der Waals surface area contributed by atoms with Crippen molar-refractivity contribution in [2.45, 2.75) is 6.42 Å². The summed E-state index contributed by atoms with van der Waals surface area (Å²) in [6, 6.07) is 0. The van der Waals surface area contributed by atoms with Gasteiger partial charge in [-0.05, 0) is 6.42 Å². The molecule has 0 radical (unpaired) electrons. The van der Waals surface area contributed by atoms with Crippen molar-refractivity contribution in [1.29, 1.82) is 0 Å². The monoisotopic (exact) mass is 221 g/mol. The minimum Gasteiger partial charge on any atom is -0.396 e. The first kappa shape index (κ1) is 10.5. The molecule has 1 heterocycles. The average molecular weight is 222 g/mol. The van der Waals surface area contributed by atoms with Gasteiger partial charge < -0.3 is 10.4 Å². The highest BCUT2D eigenvalue weighted by atomic mass is 35.5. The lowest BCUT2D eigenvalue weighted by atomic mass is 10.4. The molecule has 0 amide bonds. The molecule has 0 aliphatic heterocycles. The zero-order chi connectivity index (χ0) is 9.68. The molecule has 0 aromatic carbocycles. The molecule has 0 saturated carbocycles. The van der Waals surface area contributed by atoms with E-state index in [9.17, 15) is 0 Å². The van der Waals surface area contributed by atoms with Crippen LogP contribution in [-0.2, 0) is 0 Å². The van der Waals surface area contributed by atoms with Gasteiger partial charge in [0.05, 0.1) is 11.9 Å². The maximum absolute atomic E-state index is 8.54. The number of nitrogens with zero attached hydrogens (tertiary/aromatic N) is 2. The van der Waals surface area contributed by atoms with Crippen LogP contribution in [0.2, 0.25) is 10.2 Å². The summed E-state index contributed by atoms with van der Waals surface area (Å²) in [6.45, 7) is 0.759. The smallest absolute Gasteiger partial charge is 0.172 e. The number of hydrogen-bond donors (Lipinski definition) is 2. The molecule has 0 fully saturated rings. The fraction of sp³-hybridized carbons (Fsp3) is 0.429. The van der Waals surface area contributed by atoms with E-state index in [-0.39, 0.29) is 11.8 Å². The van der Waals surface area contributed by atoms with Gasteiger partial charge in [0.15, 0.2) is 5.15 Å². The second-order valence-electron chi connectivity index (χ2n) is 2.37. The van der Waals surface area contributed by atoms with Crippen molar-refractivity contribution in [2.24, 2.45) is 0 Å². The average Bonchev–Trinajstić information content (AvgIpc) is 2.13. The Kier molecular flexibility index (Phi) is 4.21. The molecule has 0 aliphatic rings. The SMILES string of the molecule is OCCCNc1cnnc(Cl)c1Cl. The molecule has 1 rings (SSSR count). The topological polar surface area (TPSA) is 58.0 Å². The van der Waals surface area contributed by atoms with E-state index in [0.29, 0.717) is 23.7 Å². The molecule has 0 saturated heterocycles. The van der Waals surface area contributed by atoms with Crippen molar-refractivity contribution in [3.05, 3.63) is 16.4 Å². The maximum atomic E-state index is 8.54. The number of rotatable bonds is 4. The van der Waals surface area contributed by atoms with Crippen LogP contribution in [0, 0.1) is 0 Å². The summed E-state index contributed by atoms with van der Waals surface area (Å²) in [6.07, 6.45) is 2.14. The third kappa shape index (κ3) is 2.99. The Morgan fingerprint density at radius 3 is 2.92 bits per heavy atom.